The fraction of sp³-hybridized carbons (Fsp3) is 0.0909. The van der Waals surface area contributed by atoms with E-state index in [4.69, 9.17) is 22.1 Å². The summed E-state index contributed by atoms with van der Waals surface area (Å²) in [5.74, 6) is -0.457. The first-order valence-electron chi connectivity index (χ1n) is 8.77. The van der Waals surface area contributed by atoms with Crippen molar-refractivity contribution in [2.75, 3.05) is 4.90 Å². The van der Waals surface area contributed by atoms with Crippen LogP contribution in [0.2, 0.25) is 5.02 Å². The number of hydrogen-bond acceptors (Lipinski definition) is 3. The number of fused-ring (bicyclic) bond motifs is 2. The Labute approximate surface area is 167 Å². The summed E-state index contributed by atoms with van der Waals surface area (Å²) < 4.78 is 5.85. The molecule has 5 nitrogen and oxygen atoms in total. The van der Waals surface area contributed by atoms with Crippen LogP contribution in [0.4, 0.5) is 16.2 Å². The van der Waals surface area contributed by atoms with Crippen molar-refractivity contribution < 1.29 is 14.3 Å². The Morgan fingerprint density at radius 2 is 1.57 bits per heavy atom. The van der Waals surface area contributed by atoms with Gasteiger partial charge in [-0.25, -0.2) is 9.59 Å². The van der Waals surface area contributed by atoms with Gasteiger partial charge in [0.2, 0.25) is 0 Å². The summed E-state index contributed by atoms with van der Waals surface area (Å²) in [6.45, 7) is 0. The van der Waals surface area contributed by atoms with Crippen LogP contribution in [0.5, 0.6) is 0 Å². The molecule has 0 saturated carbocycles. The molecule has 0 fully saturated rings. The molecule has 1 heterocycles. The summed E-state index contributed by atoms with van der Waals surface area (Å²) >= 11 is 5.90. The van der Waals surface area contributed by atoms with Crippen LogP contribution in [-0.2, 0) is 11.2 Å². The maximum atomic E-state index is 12.7. The van der Waals surface area contributed by atoms with Gasteiger partial charge in [0, 0.05) is 17.0 Å². The van der Waals surface area contributed by atoms with Gasteiger partial charge in [0.05, 0.1) is 16.9 Å². The number of ether oxygens (including phenoxy) is 1. The van der Waals surface area contributed by atoms with E-state index in [9.17, 15) is 9.59 Å². The lowest BCUT2D eigenvalue weighted by Gasteiger charge is -2.23. The standard InChI is InChI=1S/C22H17ClN2O3/c23-16-11-9-14(10-12-16)21(26)28-20-13-15-5-1-3-7-18(15)25(22(24)27)19-8-4-2-6-17(19)20/h1-12,20H,13H2,(H2,24,27). The first-order chi connectivity index (χ1) is 13.5. The SMILES string of the molecule is NC(=O)N1c2ccccc2CC(OC(=O)c2ccc(Cl)cc2)c2ccccc21. The molecule has 1 aliphatic rings. The number of nitrogens with zero attached hydrogens (tertiary/aromatic N) is 1. The van der Waals surface area contributed by atoms with Gasteiger partial charge in [0.25, 0.3) is 0 Å². The van der Waals surface area contributed by atoms with Crippen LogP contribution in [0.1, 0.15) is 27.6 Å². The van der Waals surface area contributed by atoms with Crippen LogP contribution in [0, 0.1) is 0 Å². The van der Waals surface area contributed by atoms with E-state index in [1.165, 1.54) is 4.90 Å². The maximum Gasteiger partial charge on any atom is 0.338 e. The fourth-order valence-corrected chi connectivity index (χ4v) is 3.56. The normalized spacial score (nSPS) is 15.2. The lowest BCUT2D eigenvalue weighted by Crippen LogP contribution is -2.32. The second kappa shape index (κ2) is 7.37. The van der Waals surface area contributed by atoms with Crippen LogP contribution < -0.4 is 10.6 Å². The number of para-hydroxylation sites is 2. The van der Waals surface area contributed by atoms with E-state index in [1.807, 2.05) is 42.5 Å². The van der Waals surface area contributed by atoms with Crippen molar-refractivity contribution in [3.05, 3.63) is 94.5 Å². The molecular weight excluding hydrogens is 376 g/mol. The molecule has 3 aromatic carbocycles. The van der Waals surface area contributed by atoms with Crippen molar-refractivity contribution in [2.24, 2.45) is 5.73 Å². The Bertz CT molecular complexity index is 1050. The number of benzene rings is 3. The maximum absolute atomic E-state index is 12.7. The number of urea groups is 1. The average molecular weight is 393 g/mol. The summed E-state index contributed by atoms with van der Waals surface area (Å²) in [6.07, 6.45) is -0.138. The first kappa shape index (κ1) is 18.1. The molecule has 0 saturated heterocycles. The van der Waals surface area contributed by atoms with Gasteiger partial charge in [-0.2, -0.15) is 0 Å². The number of rotatable bonds is 2. The molecule has 0 bridgehead atoms. The Morgan fingerprint density at radius 1 is 0.929 bits per heavy atom. The average Bonchev–Trinajstić information content (AvgIpc) is 2.83. The Hall–Kier alpha value is -3.31. The zero-order valence-electron chi connectivity index (χ0n) is 14.8. The van der Waals surface area contributed by atoms with E-state index in [1.54, 1.807) is 30.3 Å². The summed E-state index contributed by atoms with van der Waals surface area (Å²) in [6, 6.07) is 20.7. The van der Waals surface area contributed by atoms with Gasteiger partial charge in [0.15, 0.2) is 0 Å². The zero-order valence-corrected chi connectivity index (χ0v) is 15.6. The monoisotopic (exact) mass is 392 g/mol. The molecule has 3 aromatic rings. The summed E-state index contributed by atoms with van der Waals surface area (Å²) in [7, 11) is 0. The molecule has 28 heavy (non-hydrogen) atoms. The van der Waals surface area contributed by atoms with E-state index in [0.29, 0.717) is 28.4 Å². The number of halogens is 1. The highest BCUT2D eigenvalue weighted by molar-refractivity contribution is 6.30. The van der Waals surface area contributed by atoms with Gasteiger partial charge in [0.1, 0.15) is 6.10 Å². The lowest BCUT2D eigenvalue weighted by atomic mass is 10.0. The van der Waals surface area contributed by atoms with Crippen molar-refractivity contribution in [3.8, 4) is 0 Å². The van der Waals surface area contributed by atoms with Crippen LogP contribution in [0.25, 0.3) is 0 Å². The number of carbonyl (C=O) groups excluding carboxylic acids is 2. The smallest absolute Gasteiger partial charge is 0.338 e. The van der Waals surface area contributed by atoms with E-state index < -0.39 is 18.1 Å². The molecule has 140 valence electrons. The largest absolute Gasteiger partial charge is 0.453 e. The number of amides is 2. The van der Waals surface area contributed by atoms with E-state index in [0.717, 1.165) is 11.1 Å². The highest BCUT2D eigenvalue weighted by Crippen LogP contribution is 2.41. The fourth-order valence-electron chi connectivity index (χ4n) is 3.43. The molecular formula is C22H17ClN2O3. The predicted octanol–water partition coefficient (Wildman–Crippen LogP) is 5.01. The quantitative estimate of drug-likeness (QED) is 0.623. The number of esters is 1. The third-order valence-corrected chi connectivity index (χ3v) is 4.96. The first-order valence-corrected chi connectivity index (χ1v) is 9.15. The minimum Gasteiger partial charge on any atom is -0.453 e. The van der Waals surface area contributed by atoms with Crippen molar-refractivity contribution in [1.29, 1.82) is 0 Å². The molecule has 2 N–H and O–H groups in total. The molecule has 1 aliphatic heterocycles. The van der Waals surface area contributed by atoms with Crippen LogP contribution in [0.3, 0.4) is 0 Å². The topological polar surface area (TPSA) is 72.6 Å². The third-order valence-electron chi connectivity index (χ3n) is 4.71. The van der Waals surface area contributed by atoms with Crippen LogP contribution in [0.15, 0.2) is 72.8 Å². The van der Waals surface area contributed by atoms with Crippen LogP contribution >= 0.6 is 11.6 Å². The molecule has 0 spiro atoms. The molecule has 2 amide bonds. The molecule has 1 unspecified atom stereocenters. The van der Waals surface area contributed by atoms with Gasteiger partial charge in [-0.3, -0.25) is 4.90 Å². The van der Waals surface area contributed by atoms with Crippen molar-refractivity contribution in [3.63, 3.8) is 0 Å². The Balaban J connectivity index is 1.77. The number of anilines is 2. The van der Waals surface area contributed by atoms with Gasteiger partial charge in [-0.05, 0) is 42.0 Å². The van der Waals surface area contributed by atoms with Crippen LogP contribution in [-0.4, -0.2) is 12.0 Å². The molecule has 0 aliphatic carbocycles. The number of hydrogen-bond donors (Lipinski definition) is 1. The predicted molar refractivity (Wildman–Crippen MR) is 108 cm³/mol. The highest BCUT2D eigenvalue weighted by atomic mass is 35.5. The molecule has 4 rings (SSSR count). The second-order valence-corrected chi connectivity index (χ2v) is 6.90. The second-order valence-electron chi connectivity index (χ2n) is 6.47. The Kier molecular flexibility index (Phi) is 4.75. The van der Waals surface area contributed by atoms with Gasteiger partial charge >= 0.3 is 12.0 Å². The Morgan fingerprint density at radius 3 is 2.29 bits per heavy atom. The number of nitrogens with two attached hydrogens (primary N) is 1. The van der Waals surface area contributed by atoms with E-state index in [-0.39, 0.29) is 0 Å². The lowest BCUT2D eigenvalue weighted by molar-refractivity contribution is 0.0300. The van der Waals surface area contributed by atoms with Gasteiger partial charge < -0.3 is 10.5 Å². The van der Waals surface area contributed by atoms with Crippen molar-refractivity contribution in [1.82, 2.24) is 0 Å². The summed E-state index contributed by atoms with van der Waals surface area (Å²) in [5, 5.41) is 0.544. The van der Waals surface area contributed by atoms with Crippen molar-refractivity contribution >= 4 is 35.0 Å². The molecule has 0 radical (unpaired) electrons. The zero-order chi connectivity index (χ0) is 19.7. The van der Waals surface area contributed by atoms with Crippen molar-refractivity contribution in [2.45, 2.75) is 12.5 Å². The third kappa shape index (κ3) is 3.32. The number of carbonyl (C=O) groups is 2. The molecule has 1 atom stereocenters. The van der Waals surface area contributed by atoms with Gasteiger partial charge in [-0.1, -0.05) is 48.0 Å². The highest BCUT2D eigenvalue weighted by Gasteiger charge is 2.31. The summed E-state index contributed by atoms with van der Waals surface area (Å²) in [5.41, 5.74) is 8.98. The molecule has 0 aromatic heterocycles. The number of primary amides is 1. The minimum absolute atomic E-state index is 0.408. The van der Waals surface area contributed by atoms with Gasteiger partial charge in [-0.15, -0.1) is 0 Å². The molecule has 6 heteroatoms. The van der Waals surface area contributed by atoms with E-state index >= 15 is 0 Å². The van der Waals surface area contributed by atoms with E-state index in [2.05, 4.69) is 0 Å². The summed E-state index contributed by atoms with van der Waals surface area (Å²) in [4.78, 5) is 26.4. The minimum atomic E-state index is -0.593.